The molecule has 0 atom stereocenters. The van der Waals surface area contributed by atoms with Crippen LogP contribution in [0, 0.1) is 0 Å². The Labute approximate surface area is 151 Å². The second-order valence-corrected chi connectivity index (χ2v) is 6.05. The van der Waals surface area contributed by atoms with Gasteiger partial charge in [0, 0.05) is 12.2 Å². The van der Waals surface area contributed by atoms with Gasteiger partial charge in [-0.15, -0.1) is 11.6 Å². The Balaban J connectivity index is 1.72. The monoisotopic (exact) mass is 358 g/mol. The summed E-state index contributed by atoms with van der Waals surface area (Å²) in [6.45, 7) is 0.628. The molecular weight excluding hydrogens is 340 g/mol. The van der Waals surface area contributed by atoms with Crippen molar-refractivity contribution >= 4 is 34.8 Å². The fraction of sp³-hybridized carbons (Fsp3) is 0.263. The Hall–Kier alpha value is -2.53. The highest BCUT2D eigenvalue weighted by molar-refractivity contribution is 6.29. The molecular formula is C19H19ClN2O3. The molecule has 0 spiro atoms. The maximum Gasteiger partial charge on any atom is 0.265 e. The third-order valence-corrected chi connectivity index (χ3v) is 4.24. The molecule has 2 aromatic rings. The van der Waals surface area contributed by atoms with Gasteiger partial charge in [-0.2, -0.15) is 0 Å². The summed E-state index contributed by atoms with van der Waals surface area (Å²) in [4.78, 5) is 25.5. The molecule has 0 bridgehead atoms. The number of alkyl halides is 1. The number of carbonyl (C=O) groups is 2. The van der Waals surface area contributed by atoms with Gasteiger partial charge in [0.1, 0.15) is 11.6 Å². The molecule has 1 aliphatic rings. The molecule has 3 rings (SSSR count). The molecule has 0 aliphatic carbocycles. The summed E-state index contributed by atoms with van der Waals surface area (Å²) in [7, 11) is 0. The SMILES string of the molecule is O=C(CCl)Nc1ccc2c(c1)N(CCCc1ccccc1)C(=O)CO2. The first-order valence-electron chi connectivity index (χ1n) is 8.14. The fourth-order valence-corrected chi connectivity index (χ4v) is 2.87. The van der Waals surface area contributed by atoms with E-state index < -0.39 is 0 Å². The van der Waals surface area contributed by atoms with Crippen molar-refractivity contribution in [3.63, 3.8) is 0 Å². The van der Waals surface area contributed by atoms with Crippen LogP contribution in [-0.4, -0.2) is 30.8 Å². The molecule has 1 heterocycles. The average Bonchev–Trinajstić information content (AvgIpc) is 2.64. The van der Waals surface area contributed by atoms with Gasteiger partial charge in [0.15, 0.2) is 6.61 Å². The number of hydrogen-bond acceptors (Lipinski definition) is 3. The first-order valence-corrected chi connectivity index (χ1v) is 8.68. The third kappa shape index (κ3) is 4.31. The van der Waals surface area contributed by atoms with Crippen LogP contribution in [0.3, 0.4) is 0 Å². The van der Waals surface area contributed by atoms with E-state index in [1.165, 1.54) is 5.56 Å². The minimum absolute atomic E-state index is 0.0335. The number of rotatable bonds is 6. The zero-order valence-corrected chi connectivity index (χ0v) is 14.5. The maximum absolute atomic E-state index is 12.3. The lowest BCUT2D eigenvalue weighted by Crippen LogP contribution is -2.39. The normalized spacial score (nSPS) is 13.2. The smallest absolute Gasteiger partial charge is 0.265 e. The molecule has 0 unspecified atom stereocenters. The number of nitrogens with one attached hydrogen (secondary N) is 1. The van der Waals surface area contributed by atoms with Crippen LogP contribution in [-0.2, 0) is 16.0 Å². The zero-order valence-electron chi connectivity index (χ0n) is 13.7. The molecule has 2 aromatic carbocycles. The van der Waals surface area contributed by atoms with E-state index in [4.69, 9.17) is 16.3 Å². The van der Waals surface area contributed by atoms with E-state index in [-0.39, 0.29) is 24.3 Å². The zero-order chi connectivity index (χ0) is 17.6. The van der Waals surface area contributed by atoms with E-state index in [0.29, 0.717) is 23.7 Å². The van der Waals surface area contributed by atoms with Gasteiger partial charge in [0.2, 0.25) is 5.91 Å². The Morgan fingerprint density at radius 3 is 2.76 bits per heavy atom. The summed E-state index contributed by atoms with van der Waals surface area (Å²) >= 11 is 5.52. The van der Waals surface area contributed by atoms with Gasteiger partial charge in [-0.05, 0) is 36.6 Å². The molecule has 6 heteroatoms. The first kappa shape index (κ1) is 17.3. The second kappa shape index (κ2) is 8.03. The Morgan fingerprint density at radius 1 is 1.20 bits per heavy atom. The number of carbonyl (C=O) groups excluding carboxylic acids is 2. The lowest BCUT2D eigenvalue weighted by atomic mass is 10.1. The Morgan fingerprint density at radius 2 is 2.00 bits per heavy atom. The van der Waals surface area contributed by atoms with Crippen LogP contribution in [0.4, 0.5) is 11.4 Å². The number of anilines is 2. The number of fused-ring (bicyclic) bond motifs is 1. The van der Waals surface area contributed by atoms with Gasteiger partial charge < -0.3 is 15.0 Å². The number of benzene rings is 2. The van der Waals surface area contributed by atoms with E-state index >= 15 is 0 Å². The summed E-state index contributed by atoms with van der Waals surface area (Å²) in [5, 5.41) is 2.69. The summed E-state index contributed by atoms with van der Waals surface area (Å²) in [5.74, 6) is 0.151. The van der Waals surface area contributed by atoms with Crippen LogP contribution < -0.4 is 15.0 Å². The van der Waals surface area contributed by atoms with Crippen LogP contribution >= 0.6 is 11.6 Å². The van der Waals surface area contributed by atoms with Crippen LogP contribution in [0.1, 0.15) is 12.0 Å². The standard InChI is InChI=1S/C19H19ClN2O3/c20-12-18(23)21-15-8-9-17-16(11-15)22(19(24)13-25-17)10-4-7-14-5-2-1-3-6-14/h1-3,5-6,8-9,11H,4,7,10,12-13H2,(H,21,23). The van der Waals surface area contributed by atoms with E-state index in [1.54, 1.807) is 23.1 Å². The van der Waals surface area contributed by atoms with E-state index in [1.807, 2.05) is 18.2 Å². The maximum atomic E-state index is 12.3. The topological polar surface area (TPSA) is 58.6 Å². The fourth-order valence-electron chi connectivity index (χ4n) is 2.81. The van der Waals surface area contributed by atoms with Crippen LogP contribution in [0.2, 0.25) is 0 Å². The van der Waals surface area contributed by atoms with Crippen molar-refractivity contribution in [2.45, 2.75) is 12.8 Å². The van der Waals surface area contributed by atoms with Gasteiger partial charge in [0.25, 0.3) is 5.91 Å². The predicted molar refractivity (Wildman–Crippen MR) is 98.4 cm³/mol. The number of hydrogen-bond donors (Lipinski definition) is 1. The second-order valence-electron chi connectivity index (χ2n) is 5.79. The quantitative estimate of drug-likeness (QED) is 0.806. The molecule has 0 radical (unpaired) electrons. The van der Waals surface area contributed by atoms with Gasteiger partial charge >= 0.3 is 0 Å². The lowest BCUT2D eigenvalue weighted by molar-refractivity contribution is -0.121. The number of nitrogens with zero attached hydrogens (tertiary/aromatic N) is 1. The molecule has 2 amide bonds. The molecule has 0 fully saturated rings. The van der Waals surface area contributed by atoms with Crippen molar-refractivity contribution in [2.75, 3.05) is 29.2 Å². The minimum atomic E-state index is -0.291. The lowest BCUT2D eigenvalue weighted by Gasteiger charge is -2.30. The van der Waals surface area contributed by atoms with Crippen molar-refractivity contribution in [1.29, 1.82) is 0 Å². The Bertz CT molecular complexity index is 765. The summed E-state index contributed by atoms with van der Waals surface area (Å²) < 4.78 is 5.49. The highest BCUT2D eigenvalue weighted by atomic mass is 35.5. The number of amides is 2. The minimum Gasteiger partial charge on any atom is -0.482 e. The van der Waals surface area contributed by atoms with Gasteiger partial charge in [0.05, 0.1) is 5.69 Å². The van der Waals surface area contributed by atoms with Crippen molar-refractivity contribution in [1.82, 2.24) is 0 Å². The van der Waals surface area contributed by atoms with Crippen molar-refractivity contribution in [2.24, 2.45) is 0 Å². The molecule has 130 valence electrons. The van der Waals surface area contributed by atoms with Crippen molar-refractivity contribution < 1.29 is 14.3 Å². The number of aryl methyl sites for hydroxylation is 1. The molecule has 5 nitrogen and oxygen atoms in total. The number of ether oxygens (including phenoxy) is 1. The summed E-state index contributed by atoms with van der Waals surface area (Å²) in [6, 6.07) is 15.4. The molecule has 25 heavy (non-hydrogen) atoms. The van der Waals surface area contributed by atoms with Gasteiger partial charge in [-0.3, -0.25) is 9.59 Å². The molecule has 0 aromatic heterocycles. The average molecular weight is 359 g/mol. The van der Waals surface area contributed by atoms with Crippen molar-refractivity contribution in [3.05, 3.63) is 54.1 Å². The largest absolute Gasteiger partial charge is 0.482 e. The van der Waals surface area contributed by atoms with E-state index in [9.17, 15) is 9.59 Å². The molecule has 1 aliphatic heterocycles. The molecule has 0 saturated carbocycles. The van der Waals surface area contributed by atoms with Gasteiger partial charge in [-0.25, -0.2) is 0 Å². The highest BCUT2D eigenvalue weighted by Crippen LogP contribution is 2.34. The van der Waals surface area contributed by atoms with Crippen LogP contribution in [0.5, 0.6) is 5.75 Å². The number of halogens is 1. The summed E-state index contributed by atoms with van der Waals surface area (Å²) in [5.41, 5.74) is 2.51. The van der Waals surface area contributed by atoms with Crippen molar-refractivity contribution in [3.8, 4) is 5.75 Å². The third-order valence-electron chi connectivity index (χ3n) is 4.00. The van der Waals surface area contributed by atoms with E-state index in [0.717, 1.165) is 12.8 Å². The molecule has 0 saturated heterocycles. The highest BCUT2D eigenvalue weighted by Gasteiger charge is 2.25. The van der Waals surface area contributed by atoms with Gasteiger partial charge in [-0.1, -0.05) is 30.3 Å². The van der Waals surface area contributed by atoms with E-state index in [2.05, 4.69) is 17.4 Å². The molecule has 1 N–H and O–H groups in total. The Kier molecular flexibility index (Phi) is 5.56. The van der Waals surface area contributed by atoms with Crippen LogP contribution in [0.15, 0.2) is 48.5 Å². The predicted octanol–water partition coefficient (Wildman–Crippen LogP) is 3.22. The summed E-state index contributed by atoms with van der Waals surface area (Å²) in [6.07, 6.45) is 1.73. The van der Waals surface area contributed by atoms with Crippen LogP contribution in [0.25, 0.3) is 0 Å². The first-order chi connectivity index (χ1) is 12.2.